The second-order valence-corrected chi connectivity index (χ2v) is 6.02. The highest BCUT2D eigenvalue weighted by molar-refractivity contribution is 5.79. The molecular weight excluding hydrogens is 280 g/mol. The highest BCUT2D eigenvalue weighted by Gasteiger charge is 2.07. The van der Waals surface area contributed by atoms with Gasteiger partial charge in [0, 0.05) is 6.08 Å². The van der Waals surface area contributed by atoms with Crippen LogP contribution in [-0.2, 0) is 9.68 Å². The summed E-state index contributed by atoms with van der Waals surface area (Å²) in [6.07, 6.45) is 17.6. The summed E-state index contributed by atoms with van der Waals surface area (Å²) in [5.41, 5.74) is 0. The van der Waals surface area contributed by atoms with Gasteiger partial charge in [0.1, 0.15) is 0 Å². The van der Waals surface area contributed by atoms with Gasteiger partial charge in [-0.05, 0) is 25.7 Å². The second kappa shape index (κ2) is 16.5. The van der Waals surface area contributed by atoms with Crippen LogP contribution in [0.25, 0.3) is 0 Å². The number of hydrogen-bond donors (Lipinski definition) is 2. The Morgan fingerprint density at radius 3 is 2.05 bits per heavy atom. The third-order valence-corrected chi connectivity index (χ3v) is 3.94. The maximum absolute atomic E-state index is 10.3. The Morgan fingerprint density at radius 2 is 1.50 bits per heavy atom. The van der Waals surface area contributed by atoms with Crippen molar-refractivity contribution in [2.45, 2.75) is 96.5 Å². The molecule has 0 bridgehead atoms. The fourth-order valence-corrected chi connectivity index (χ4v) is 2.57. The number of carbonyl (C=O) groups is 1. The molecule has 0 spiro atoms. The minimum atomic E-state index is -0.861. The van der Waals surface area contributed by atoms with Crippen LogP contribution in [-0.4, -0.2) is 22.4 Å². The maximum atomic E-state index is 10.3. The van der Waals surface area contributed by atoms with Crippen molar-refractivity contribution in [3.63, 3.8) is 0 Å². The first-order valence-electron chi connectivity index (χ1n) is 8.90. The van der Waals surface area contributed by atoms with E-state index in [1.807, 2.05) is 0 Å². The quantitative estimate of drug-likeness (QED) is 0.169. The van der Waals surface area contributed by atoms with Gasteiger partial charge in [-0.2, -0.15) is 0 Å². The molecule has 0 rings (SSSR count). The summed E-state index contributed by atoms with van der Waals surface area (Å²) >= 11 is 0. The van der Waals surface area contributed by atoms with Crippen molar-refractivity contribution in [3.8, 4) is 0 Å². The number of hydrogen-bond acceptors (Lipinski definition) is 3. The predicted octanol–water partition coefficient (Wildman–Crippen LogP) is 5.58. The summed E-state index contributed by atoms with van der Waals surface area (Å²) in [7, 11) is 0. The van der Waals surface area contributed by atoms with E-state index >= 15 is 0 Å². The minimum Gasteiger partial charge on any atom is -0.478 e. The Kier molecular flexibility index (Phi) is 15.8. The predicted molar refractivity (Wildman–Crippen MR) is 90.0 cm³/mol. The van der Waals surface area contributed by atoms with Crippen LogP contribution in [0.4, 0.5) is 0 Å². The molecule has 0 radical (unpaired) electrons. The van der Waals surface area contributed by atoms with E-state index in [1.165, 1.54) is 51.0 Å². The van der Waals surface area contributed by atoms with E-state index in [0.717, 1.165) is 38.5 Å². The van der Waals surface area contributed by atoms with Crippen molar-refractivity contribution < 1.29 is 20.0 Å². The molecule has 0 fully saturated rings. The Balaban J connectivity index is 3.29. The number of aliphatic carboxylic acids is 1. The molecule has 22 heavy (non-hydrogen) atoms. The lowest BCUT2D eigenvalue weighted by atomic mass is 10.0. The number of rotatable bonds is 16. The molecule has 2 N–H and O–H groups in total. The average molecular weight is 314 g/mol. The van der Waals surface area contributed by atoms with Gasteiger partial charge in [0.25, 0.3) is 0 Å². The zero-order valence-corrected chi connectivity index (χ0v) is 14.1. The zero-order chi connectivity index (χ0) is 16.5. The molecule has 0 saturated carbocycles. The molecule has 4 nitrogen and oxygen atoms in total. The second-order valence-electron chi connectivity index (χ2n) is 6.02. The smallest absolute Gasteiger partial charge is 0.327 e. The first-order chi connectivity index (χ1) is 10.7. The first kappa shape index (κ1) is 21.1. The van der Waals surface area contributed by atoms with Crippen LogP contribution in [0.2, 0.25) is 0 Å². The Hall–Kier alpha value is -0.870. The molecule has 1 atom stereocenters. The minimum absolute atomic E-state index is 0.0209. The summed E-state index contributed by atoms with van der Waals surface area (Å²) in [6.45, 7) is 2.18. The topological polar surface area (TPSA) is 66.8 Å². The normalized spacial score (nSPS) is 12.8. The lowest BCUT2D eigenvalue weighted by molar-refractivity contribution is -0.281. The molecule has 0 heterocycles. The molecule has 0 saturated heterocycles. The van der Waals surface area contributed by atoms with Crippen molar-refractivity contribution in [3.05, 3.63) is 12.2 Å². The number of unbranched alkanes of at least 4 members (excludes halogenated alkanes) is 9. The van der Waals surface area contributed by atoms with Gasteiger partial charge in [0.2, 0.25) is 0 Å². The Labute approximate surface area is 135 Å². The Morgan fingerprint density at radius 1 is 0.955 bits per heavy atom. The highest BCUT2D eigenvalue weighted by atomic mass is 17.1. The van der Waals surface area contributed by atoms with Crippen LogP contribution in [0.3, 0.4) is 0 Å². The molecular formula is C18H34O4. The fourth-order valence-electron chi connectivity index (χ4n) is 2.57. The van der Waals surface area contributed by atoms with Crippen LogP contribution in [0.15, 0.2) is 12.2 Å². The van der Waals surface area contributed by atoms with Crippen LogP contribution in [0, 0.1) is 0 Å². The molecule has 4 heteroatoms. The average Bonchev–Trinajstić information content (AvgIpc) is 2.50. The van der Waals surface area contributed by atoms with E-state index in [-0.39, 0.29) is 6.10 Å². The molecule has 0 aliphatic heterocycles. The molecule has 0 aromatic carbocycles. The summed E-state index contributed by atoms with van der Waals surface area (Å²) in [5.74, 6) is -0.861. The van der Waals surface area contributed by atoms with Crippen molar-refractivity contribution in [2.24, 2.45) is 0 Å². The van der Waals surface area contributed by atoms with Crippen LogP contribution < -0.4 is 0 Å². The lowest BCUT2D eigenvalue weighted by Crippen LogP contribution is -2.10. The van der Waals surface area contributed by atoms with Gasteiger partial charge >= 0.3 is 5.97 Å². The third kappa shape index (κ3) is 15.5. The van der Waals surface area contributed by atoms with Crippen molar-refractivity contribution in [2.75, 3.05) is 0 Å². The van der Waals surface area contributed by atoms with E-state index < -0.39 is 5.97 Å². The van der Waals surface area contributed by atoms with Gasteiger partial charge in [0.05, 0.1) is 6.10 Å². The summed E-state index contributed by atoms with van der Waals surface area (Å²) in [4.78, 5) is 14.8. The first-order valence-corrected chi connectivity index (χ1v) is 8.90. The van der Waals surface area contributed by atoms with E-state index in [0.29, 0.717) is 0 Å². The Bertz CT molecular complexity index is 276. The zero-order valence-electron chi connectivity index (χ0n) is 14.1. The summed E-state index contributed by atoms with van der Waals surface area (Å²) < 4.78 is 0. The molecule has 0 aromatic rings. The van der Waals surface area contributed by atoms with Gasteiger partial charge in [-0.1, -0.05) is 70.8 Å². The highest BCUT2D eigenvalue weighted by Crippen LogP contribution is 2.15. The molecule has 0 aromatic heterocycles. The van der Waals surface area contributed by atoms with Gasteiger partial charge in [-0.15, -0.1) is 0 Å². The van der Waals surface area contributed by atoms with Crippen molar-refractivity contribution >= 4 is 5.97 Å². The maximum Gasteiger partial charge on any atom is 0.327 e. The van der Waals surface area contributed by atoms with Crippen LogP contribution in [0.5, 0.6) is 0 Å². The van der Waals surface area contributed by atoms with Crippen molar-refractivity contribution in [1.82, 2.24) is 0 Å². The molecule has 130 valence electrons. The monoisotopic (exact) mass is 314 g/mol. The van der Waals surface area contributed by atoms with Gasteiger partial charge < -0.3 is 5.11 Å². The largest absolute Gasteiger partial charge is 0.478 e. The van der Waals surface area contributed by atoms with Crippen molar-refractivity contribution in [1.29, 1.82) is 0 Å². The molecule has 0 aliphatic carbocycles. The number of allylic oxidation sites excluding steroid dienone is 1. The van der Waals surface area contributed by atoms with Gasteiger partial charge in [-0.25, -0.2) is 9.68 Å². The van der Waals surface area contributed by atoms with E-state index in [4.69, 9.17) is 10.4 Å². The van der Waals surface area contributed by atoms with E-state index in [2.05, 4.69) is 11.8 Å². The van der Waals surface area contributed by atoms with E-state index in [1.54, 1.807) is 6.08 Å². The van der Waals surface area contributed by atoms with E-state index in [9.17, 15) is 4.79 Å². The van der Waals surface area contributed by atoms with Crippen LogP contribution >= 0.6 is 0 Å². The summed E-state index contributed by atoms with van der Waals surface area (Å²) in [5, 5.41) is 17.3. The standard InChI is InChI=1S/C18H34O4/c1-2-3-11-14-17(22-21)15-12-9-7-5-4-6-8-10-13-16-18(19)20/h13,16-17,21H,2-12,14-15H2,1H3,(H,19,20). The lowest BCUT2D eigenvalue weighted by Gasteiger charge is -2.12. The van der Waals surface area contributed by atoms with Gasteiger partial charge in [0.15, 0.2) is 0 Å². The number of carboxylic acid groups (broad SMARTS) is 1. The van der Waals surface area contributed by atoms with Gasteiger partial charge in [-0.3, -0.25) is 5.26 Å². The third-order valence-electron chi connectivity index (χ3n) is 3.94. The fraction of sp³-hybridized carbons (Fsp3) is 0.833. The SMILES string of the molecule is CCCCCC(CCCCCCCCCC=CC(=O)O)OO. The molecule has 0 aliphatic rings. The number of carboxylic acids is 1. The van der Waals surface area contributed by atoms with Crippen LogP contribution in [0.1, 0.15) is 90.4 Å². The molecule has 1 unspecified atom stereocenters. The summed E-state index contributed by atoms with van der Waals surface area (Å²) in [6, 6.07) is 0. The molecule has 0 amide bonds.